The topological polar surface area (TPSA) is 120 Å². The predicted octanol–water partition coefficient (Wildman–Crippen LogP) is 7.26. The molecule has 3 aromatic heterocycles. The Morgan fingerprint density at radius 3 is 2.44 bits per heavy atom. The van der Waals surface area contributed by atoms with Crippen molar-refractivity contribution in [3.63, 3.8) is 0 Å². The zero-order valence-corrected chi connectivity index (χ0v) is 27.1. The van der Waals surface area contributed by atoms with Gasteiger partial charge in [-0.2, -0.15) is 0 Å². The third-order valence-corrected chi connectivity index (χ3v) is 9.89. The first-order valence-electron chi connectivity index (χ1n) is 13.6. The first-order valence-corrected chi connectivity index (χ1v) is 17.7. The number of amides is 1. The van der Waals surface area contributed by atoms with Gasteiger partial charge in [-0.1, -0.05) is 71.9 Å². The maximum Gasteiger partial charge on any atom is 0.236 e. The van der Waals surface area contributed by atoms with Gasteiger partial charge in [0.1, 0.15) is 0 Å². The average molecular weight is 673 g/mol. The summed E-state index contributed by atoms with van der Waals surface area (Å²) in [6, 6.07) is 23.6. The molecule has 0 fully saturated rings. The number of anilines is 1. The van der Waals surface area contributed by atoms with Crippen LogP contribution in [0.25, 0.3) is 44.8 Å². The number of sulfone groups is 1. The van der Waals surface area contributed by atoms with E-state index in [1.807, 2.05) is 52.4 Å². The van der Waals surface area contributed by atoms with Crippen molar-refractivity contribution < 1.29 is 13.2 Å². The molecule has 0 aliphatic rings. The zero-order valence-electron chi connectivity index (χ0n) is 23.8. The van der Waals surface area contributed by atoms with Crippen LogP contribution in [0.1, 0.15) is 0 Å². The van der Waals surface area contributed by atoms with Gasteiger partial charge in [0.2, 0.25) is 5.91 Å². The monoisotopic (exact) mass is 672 g/mol. The number of nitrogens with zero attached hydrogens (tertiary/aromatic N) is 5. The number of nitrogens with one attached hydrogen (secondary N) is 1. The number of hydrogen-bond donors (Lipinski definition) is 1. The summed E-state index contributed by atoms with van der Waals surface area (Å²) >= 11 is 8.60. The minimum absolute atomic E-state index is 0.0974. The molecule has 0 aliphatic heterocycles. The molecule has 0 radical (unpaired) electrons. The maximum absolute atomic E-state index is 12.9. The van der Waals surface area contributed by atoms with Crippen LogP contribution >= 0.6 is 34.7 Å². The van der Waals surface area contributed by atoms with E-state index in [0.717, 1.165) is 33.3 Å². The van der Waals surface area contributed by atoms with Crippen molar-refractivity contribution in [2.45, 2.75) is 16.6 Å². The molecule has 6 aromatic rings. The molecule has 1 amide bonds. The van der Waals surface area contributed by atoms with Gasteiger partial charge in [0.05, 0.1) is 27.6 Å². The Kier molecular flexibility index (Phi) is 8.81. The van der Waals surface area contributed by atoms with Crippen LogP contribution in [0.3, 0.4) is 0 Å². The number of hydrogen-bond acceptors (Lipinski definition) is 9. The molecule has 9 nitrogen and oxygen atoms in total. The van der Waals surface area contributed by atoms with Gasteiger partial charge in [0.15, 0.2) is 25.9 Å². The number of fused-ring (bicyclic) bond motifs is 1. The van der Waals surface area contributed by atoms with Crippen molar-refractivity contribution in [3.8, 4) is 33.9 Å². The lowest BCUT2D eigenvalue weighted by atomic mass is 10.0. The van der Waals surface area contributed by atoms with Crippen LogP contribution in [0.4, 0.5) is 5.13 Å². The Bertz CT molecular complexity index is 2140. The van der Waals surface area contributed by atoms with E-state index in [1.54, 1.807) is 42.5 Å². The summed E-state index contributed by atoms with van der Waals surface area (Å²) in [5.41, 5.74) is 4.63. The molecule has 0 atom stereocenters. The Morgan fingerprint density at radius 2 is 1.71 bits per heavy atom. The minimum atomic E-state index is -3.33. The van der Waals surface area contributed by atoms with E-state index in [2.05, 4.69) is 27.1 Å². The molecule has 226 valence electrons. The average Bonchev–Trinajstić information content (AvgIpc) is 3.66. The number of allylic oxidation sites excluding steroid dienone is 1. The summed E-state index contributed by atoms with van der Waals surface area (Å²) in [6.07, 6.45) is 2.93. The number of pyridine rings is 1. The number of thioether (sulfide) groups is 1. The number of benzene rings is 3. The van der Waals surface area contributed by atoms with E-state index >= 15 is 0 Å². The molecule has 0 unspecified atom stereocenters. The maximum atomic E-state index is 12.9. The van der Waals surface area contributed by atoms with Gasteiger partial charge in [-0.3, -0.25) is 9.36 Å². The Morgan fingerprint density at radius 1 is 1.00 bits per heavy atom. The molecule has 1 N–H and O–H groups in total. The summed E-state index contributed by atoms with van der Waals surface area (Å²) < 4.78 is 25.9. The van der Waals surface area contributed by atoms with Gasteiger partial charge in [-0.15, -0.1) is 28.1 Å². The van der Waals surface area contributed by atoms with Crippen molar-refractivity contribution in [2.75, 3.05) is 17.3 Å². The number of aromatic nitrogens is 5. The summed E-state index contributed by atoms with van der Waals surface area (Å²) in [6.45, 7) is 4.32. The van der Waals surface area contributed by atoms with Crippen molar-refractivity contribution >= 4 is 66.5 Å². The highest BCUT2D eigenvalue weighted by Crippen LogP contribution is 2.34. The lowest BCUT2D eigenvalue weighted by Gasteiger charge is -2.12. The smallest absolute Gasteiger partial charge is 0.236 e. The number of halogens is 1. The molecule has 6 rings (SSSR count). The van der Waals surface area contributed by atoms with Crippen molar-refractivity contribution in [3.05, 3.63) is 102 Å². The summed E-state index contributed by atoms with van der Waals surface area (Å²) in [7, 11) is -3.33. The molecule has 0 saturated carbocycles. The molecule has 3 aromatic carbocycles. The third-order valence-electron chi connectivity index (χ3n) is 6.79. The highest BCUT2D eigenvalue weighted by molar-refractivity contribution is 7.99. The zero-order chi connectivity index (χ0) is 31.6. The second-order valence-corrected chi connectivity index (χ2v) is 14.2. The van der Waals surface area contributed by atoms with Crippen LogP contribution in [-0.4, -0.2) is 51.1 Å². The third kappa shape index (κ3) is 6.84. The lowest BCUT2D eigenvalue weighted by Crippen LogP contribution is -2.14. The molecular weight excluding hydrogens is 648 g/mol. The molecule has 0 aliphatic carbocycles. The van der Waals surface area contributed by atoms with E-state index < -0.39 is 9.84 Å². The van der Waals surface area contributed by atoms with E-state index in [0.29, 0.717) is 33.4 Å². The second-order valence-electron chi connectivity index (χ2n) is 9.96. The summed E-state index contributed by atoms with van der Waals surface area (Å²) in [5.74, 6) is 0.471. The second kappa shape index (κ2) is 12.9. The van der Waals surface area contributed by atoms with E-state index in [1.165, 1.54) is 29.4 Å². The lowest BCUT2D eigenvalue weighted by molar-refractivity contribution is -0.113. The van der Waals surface area contributed by atoms with Gasteiger partial charge in [-0.25, -0.2) is 18.4 Å². The van der Waals surface area contributed by atoms with Gasteiger partial charge >= 0.3 is 0 Å². The number of carbonyl (C=O) groups is 1. The molecule has 3 heterocycles. The SMILES string of the molecule is C=CCn1c(SCC(=O)Nc2nc(-c3ccc(Cl)cc3)cs2)nnc1-c1cc(-c2ccc(S(C)(=O)=O)cc2)nc2ccccc12. The fourth-order valence-corrected chi connectivity index (χ4v) is 6.88. The van der Waals surface area contributed by atoms with E-state index in [-0.39, 0.29) is 16.6 Å². The number of thiazole rings is 1. The Labute approximate surface area is 273 Å². The normalized spacial score (nSPS) is 11.5. The molecule has 0 spiro atoms. The highest BCUT2D eigenvalue weighted by Gasteiger charge is 2.19. The molecular formula is C32H25ClN6O3S3. The van der Waals surface area contributed by atoms with Crippen LogP contribution in [0.2, 0.25) is 5.02 Å². The molecule has 13 heteroatoms. The fraction of sp³-hybridized carbons (Fsp3) is 0.0938. The van der Waals surface area contributed by atoms with Crippen LogP contribution in [0.5, 0.6) is 0 Å². The molecule has 0 bridgehead atoms. The van der Waals surface area contributed by atoms with Crippen LogP contribution in [-0.2, 0) is 21.2 Å². The van der Waals surface area contributed by atoms with Crippen LogP contribution < -0.4 is 5.32 Å². The number of carbonyl (C=O) groups excluding carboxylic acids is 1. The van der Waals surface area contributed by atoms with Crippen molar-refractivity contribution in [1.29, 1.82) is 0 Å². The molecule has 0 saturated heterocycles. The summed E-state index contributed by atoms with van der Waals surface area (Å²) in [4.78, 5) is 22.5. The van der Waals surface area contributed by atoms with Gasteiger partial charge in [-0.05, 0) is 36.4 Å². The fourth-order valence-electron chi connectivity index (χ4n) is 4.64. The van der Waals surface area contributed by atoms with Crippen molar-refractivity contribution in [1.82, 2.24) is 24.7 Å². The largest absolute Gasteiger partial charge is 0.301 e. The van der Waals surface area contributed by atoms with Crippen molar-refractivity contribution in [2.24, 2.45) is 0 Å². The quantitative estimate of drug-likeness (QED) is 0.119. The summed E-state index contributed by atoms with van der Waals surface area (Å²) in [5, 5.41) is 16.3. The minimum Gasteiger partial charge on any atom is -0.301 e. The van der Waals surface area contributed by atoms with Gasteiger partial charge in [0, 0.05) is 45.3 Å². The Balaban J connectivity index is 1.26. The van der Waals surface area contributed by atoms with Gasteiger partial charge in [0.25, 0.3) is 0 Å². The number of para-hydroxylation sites is 1. The van der Waals surface area contributed by atoms with Crippen LogP contribution in [0, 0.1) is 0 Å². The van der Waals surface area contributed by atoms with Gasteiger partial charge < -0.3 is 5.32 Å². The van der Waals surface area contributed by atoms with E-state index in [4.69, 9.17) is 16.6 Å². The highest BCUT2D eigenvalue weighted by atomic mass is 35.5. The van der Waals surface area contributed by atoms with E-state index in [9.17, 15) is 13.2 Å². The van der Waals surface area contributed by atoms with Crippen LogP contribution in [0.15, 0.2) is 107 Å². The standard InChI is InChI=1S/C32H25ClN6O3S3/c1-3-16-39-30(25-17-27(34-26-7-5-4-6-24(25)26)20-10-14-23(15-11-20)45(2,41)42)37-38-32(39)44-19-29(40)36-31-35-28(18-43-31)21-8-12-22(33)13-9-21/h3-15,17-18H,1,16,19H2,2H3,(H,35,36,40). The first kappa shape index (κ1) is 30.7. The predicted molar refractivity (Wildman–Crippen MR) is 181 cm³/mol. The Hall–Kier alpha value is -4.36. The number of rotatable bonds is 10. The first-order chi connectivity index (χ1) is 21.7. The molecule has 45 heavy (non-hydrogen) atoms.